The van der Waals surface area contributed by atoms with Crippen LogP contribution in [0.4, 0.5) is 4.39 Å². The summed E-state index contributed by atoms with van der Waals surface area (Å²) in [5, 5.41) is 0. The Bertz CT molecular complexity index is 281. The van der Waals surface area contributed by atoms with Crippen LogP contribution >= 0.6 is 0 Å². The molecule has 0 aromatic heterocycles. The van der Waals surface area contributed by atoms with Crippen molar-refractivity contribution in [3.63, 3.8) is 0 Å². The second-order valence-electron chi connectivity index (χ2n) is 2.68. The molecule has 64 valence electrons. The molecule has 3 heteroatoms. The first-order valence-electron chi connectivity index (χ1n) is 3.66. The summed E-state index contributed by atoms with van der Waals surface area (Å²) in [5.74, 6) is -1.07. The summed E-state index contributed by atoms with van der Waals surface area (Å²) in [5.41, 5.74) is 5.81. The number of primary amides is 1. The molecule has 0 spiro atoms. The molecule has 0 radical (unpaired) electrons. The van der Waals surface area contributed by atoms with Gasteiger partial charge in [0.05, 0.1) is 5.92 Å². The van der Waals surface area contributed by atoms with Crippen molar-refractivity contribution in [3.8, 4) is 0 Å². The minimum absolute atomic E-state index is 0.310. The van der Waals surface area contributed by atoms with Crippen LogP contribution in [0, 0.1) is 5.82 Å². The van der Waals surface area contributed by atoms with E-state index in [2.05, 4.69) is 0 Å². The Balaban J connectivity index is 2.89. The number of benzene rings is 1. The number of carbonyl (C=O) groups excluding carboxylic acids is 1. The summed E-state index contributed by atoms with van der Waals surface area (Å²) in [6.07, 6.45) is 0. The SMILES string of the molecule is C[C@H](C(N)=O)c1ccc(F)cc1. The second kappa shape index (κ2) is 3.34. The van der Waals surface area contributed by atoms with Gasteiger partial charge < -0.3 is 5.73 Å². The smallest absolute Gasteiger partial charge is 0.224 e. The fourth-order valence-corrected chi connectivity index (χ4v) is 0.916. The lowest BCUT2D eigenvalue weighted by molar-refractivity contribution is -0.119. The zero-order chi connectivity index (χ0) is 9.14. The highest BCUT2D eigenvalue weighted by Crippen LogP contribution is 2.14. The molecule has 1 amide bonds. The highest BCUT2D eigenvalue weighted by Gasteiger charge is 2.10. The lowest BCUT2D eigenvalue weighted by atomic mass is 10.0. The molecule has 0 heterocycles. The summed E-state index contributed by atoms with van der Waals surface area (Å²) in [6.45, 7) is 1.69. The van der Waals surface area contributed by atoms with Crippen LogP contribution in [0.5, 0.6) is 0 Å². The van der Waals surface area contributed by atoms with E-state index < -0.39 is 5.91 Å². The van der Waals surface area contributed by atoms with Crippen molar-refractivity contribution in [1.29, 1.82) is 0 Å². The van der Waals surface area contributed by atoms with Crippen molar-refractivity contribution < 1.29 is 9.18 Å². The topological polar surface area (TPSA) is 43.1 Å². The Morgan fingerprint density at radius 2 is 1.92 bits per heavy atom. The second-order valence-corrected chi connectivity index (χ2v) is 2.68. The van der Waals surface area contributed by atoms with Gasteiger partial charge in [0.25, 0.3) is 0 Å². The maximum absolute atomic E-state index is 12.4. The van der Waals surface area contributed by atoms with Crippen molar-refractivity contribution in [2.75, 3.05) is 0 Å². The summed E-state index contributed by atoms with van der Waals surface area (Å²) < 4.78 is 12.4. The average Bonchev–Trinajstić information content (AvgIpc) is 2.04. The molecule has 0 unspecified atom stereocenters. The number of carbonyl (C=O) groups is 1. The van der Waals surface area contributed by atoms with E-state index in [1.54, 1.807) is 19.1 Å². The molecule has 1 aromatic carbocycles. The van der Waals surface area contributed by atoms with Crippen LogP contribution in [0.2, 0.25) is 0 Å². The molecular weight excluding hydrogens is 157 g/mol. The largest absolute Gasteiger partial charge is 0.369 e. The van der Waals surface area contributed by atoms with Crippen LogP contribution < -0.4 is 5.73 Å². The van der Waals surface area contributed by atoms with Gasteiger partial charge in [-0.2, -0.15) is 0 Å². The van der Waals surface area contributed by atoms with Gasteiger partial charge in [0.2, 0.25) is 5.91 Å². The molecule has 1 rings (SSSR count). The lowest BCUT2D eigenvalue weighted by Gasteiger charge is -2.05. The van der Waals surface area contributed by atoms with Gasteiger partial charge in [-0.3, -0.25) is 4.79 Å². The van der Waals surface area contributed by atoms with Gasteiger partial charge in [-0.15, -0.1) is 0 Å². The molecule has 2 nitrogen and oxygen atoms in total. The molecule has 1 aromatic rings. The molecule has 0 bridgehead atoms. The van der Waals surface area contributed by atoms with Crippen LogP contribution in [0.1, 0.15) is 18.4 Å². The number of hydrogen-bond acceptors (Lipinski definition) is 1. The van der Waals surface area contributed by atoms with Crippen molar-refractivity contribution in [1.82, 2.24) is 0 Å². The van der Waals surface area contributed by atoms with Crippen LogP contribution in [-0.2, 0) is 4.79 Å². The van der Waals surface area contributed by atoms with Gasteiger partial charge in [-0.05, 0) is 24.6 Å². The third-order valence-electron chi connectivity index (χ3n) is 1.80. The Morgan fingerprint density at radius 3 is 2.33 bits per heavy atom. The quantitative estimate of drug-likeness (QED) is 0.711. The van der Waals surface area contributed by atoms with Crippen LogP contribution in [0.25, 0.3) is 0 Å². The fourth-order valence-electron chi connectivity index (χ4n) is 0.916. The fraction of sp³-hybridized carbons (Fsp3) is 0.222. The molecular formula is C9H10FNO. The molecule has 0 aliphatic rings. The van der Waals surface area contributed by atoms with Gasteiger partial charge >= 0.3 is 0 Å². The molecule has 2 N–H and O–H groups in total. The third-order valence-corrected chi connectivity index (χ3v) is 1.80. The molecule has 0 saturated heterocycles. The highest BCUT2D eigenvalue weighted by atomic mass is 19.1. The maximum atomic E-state index is 12.4. The Labute approximate surface area is 70.2 Å². The van der Waals surface area contributed by atoms with Crippen molar-refractivity contribution in [3.05, 3.63) is 35.6 Å². The first-order chi connectivity index (χ1) is 5.61. The highest BCUT2D eigenvalue weighted by molar-refractivity contribution is 5.81. The Hall–Kier alpha value is -1.38. The van der Waals surface area contributed by atoms with E-state index in [0.717, 1.165) is 5.56 Å². The summed E-state index contributed by atoms with van der Waals surface area (Å²) in [4.78, 5) is 10.7. The summed E-state index contributed by atoms with van der Waals surface area (Å²) >= 11 is 0. The summed E-state index contributed by atoms with van der Waals surface area (Å²) in [7, 11) is 0. The molecule has 12 heavy (non-hydrogen) atoms. The number of rotatable bonds is 2. The van der Waals surface area contributed by atoms with Gasteiger partial charge in [-0.25, -0.2) is 4.39 Å². The predicted molar refractivity (Wildman–Crippen MR) is 44.0 cm³/mol. The average molecular weight is 167 g/mol. The molecule has 0 fully saturated rings. The van der Waals surface area contributed by atoms with Crippen molar-refractivity contribution in [2.24, 2.45) is 5.73 Å². The monoisotopic (exact) mass is 167 g/mol. The van der Waals surface area contributed by atoms with E-state index >= 15 is 0 Å². The first kappa shape index (κ1) is 8.71. The third kappa shape index (κ3) is 1.81. The van der Waals surface area contributed by atoms with Gasteiger partial charge in [-0.1, -0.05) is 12.1 Å². The lowest BCUT2D eigenvalue weighted by Crippen LogP contribution is -2.18. The van der Waals surface area contributed by atoms with E-state index in [9.17, 15) is 9.18 Å². The molecule has 1 atom stereocenters. The van der Waals surface area contributed by atoms with Crippen LogP contribution in [-0.4, -0.2) is 5.91 Å². The van der Waals surface area contributed by atoms with E-state index in [-0.39, 0.29) is 11.7 Å². The van der Waals surface area contributed by atoms with Gasteiger partial charge in [0, 0.05) is 0 Å². The minimum atomic E-state index is -0.401. The van der Waals surface area contributed by atoms with E-state index in [1.807, 2.05) is 0 Å². The number of halogens is 1. The Kier molecular flexibility index (Phi) is 2.43. The zero-order valence-corrected chi connectivity index (χ0v) is 6.75. The van der Waals surface area contributed by atoms with Gasteiger partial charge in [0.15, 0.2) is 0 Å². The predicted octanol–water partition coefficient (Wildman–Crippen LogP) is 1.41. The summed E-state index contributed by atoms with van der Waals surface area (Å²) in [6, 6.07) is 5.75. The Morgan fingerprint density at radius 1 is 1.42 bits per heavy atom. The molecule has 0 aliphatic heterocycles. The van der Waals surface area contributed by atoms with E-state index in [1.165, 1.54) is 12.1 Å². The van der Waals surface area contributed by atoms with Crippen molar-refractivity contribution in [2.45, 2.75) is 12.8 Å². The molecule has 0 saturated carbocycles. The number of nitrogens with two attached hydrogens (primary N) is 1. The van der Waals surface area contributed by atoms with E-state index in [0.29, 0.717) is 0 Å². The first-order valence-corrected chi connectivity index (χ1v) is 3.66. The maximum Gasteiger partial charge on any atom is 0.224 e. The van der Waals surface area contributed by atoms with Crippen molar-refractivity contribution >= 4 is 5.91 Å². The standard InChI is InChI=1S/C9H10FNO/c1-6(9(11)12)7-2-4-8(10)5-3-7/h2-6H,1H3,(H2,11,12)/t6-/m0/s1. The van der Waals surface area contributed by atoms with Gasteiger partial charge in [0.1, 0.15) is 5.82 Å². The van der Waals surface area contributed by atoms with Crippen LogP contribution in [0.15, 0.2) is 24.3 Å². The number of amides is 1. The van der Waals surface area contributed by atoms with E-state index in [4.69, 9.17) is 5.73 Å². The normalized spacial score (nSPS) is 12.5. The minimum Gasteiger partial charge on any atom is -0.369 e. The molecule has 0 aliphatic carbocycles. The number of hydrogen-bond donors (Lipinski definition) is 1. The van der Waals surface area contributed by atoms with Crippen LogP contribution in [0.3, 0.4) is 0 Å². The zero-order valence-electron chi connectivity index (χ0n) is 6.75.